The maximum absolute atomic E-state index is 13.3. The molecule has 0 aliphatic carbocycles. The van der Waals surface area contributed by atoms with Crippen LogP contribution in [0.4, 0.5) is 10.1 Å². The van der Waals surface area contributed by atoms with Gasteiger partial charge in [0.1, 0.15) is 5.82 Å². The fourth-order valence-corrected chi connectivity index (χ4v) is 2.90. The highest BCUT2D eigenvalue weighted by molar-refractivity contribution is 9.10. The van der Waals surface area contributed by atoms with Crippen LogP contribution in [0.15, 0.2) is 45.3 Å². The molecule has 0 amide bonds. The monoisotopic (exact) mass is 399 g/mol. The Morgan fingerprint density at radius 3 is 2.55 bits per heavy atom. The summed E-state index contributed by atoms with van der Waals surface area (Å²) in [6.07, 6.45) is 0.960. The van der Waals surface area contributed by atoms with Gasteiger partial charge in [0.05, 0.1) is 4.47 Å². The average Bonchev–Trinajstić information content (AvgIpc) is 2.43. The van der Waals surface area contributed by atoms with Crippen molar-refractivity contribution in [2.45, 2.75) is 26.3 Å². The lowest BCUT2D eigenvalue weighted by atomic mass is 10.1. The van der Waals surface area contributed by atoms with E-state index in [2.05, 4.69) is 63.2 Å². The molecule has 2 aromatic carbocycles. The quantitative estimate of drug-likeness (QED) is 0.654. The first-order valence-corrected chi connectivity index (χ1v) is 8.09. The Labute approximate surface area is 135 Å². The summed E-state index contributed by atoms with van der Waals surface area (Å²) in [6, 6.07) is 11.4. The lowest BCUT2D eigenvalue weighted by Gasteiger charge is -2.19. The second-order valence-corrected chi connectivity index (χ2v) is 6.46. The summed E-state index contributed by atoms with van der Waals surface area (Å²) in [6.45, 7) is 4.20. The zero-order chi connectivity index (χ0) is 14.7. The van der Waals surface area contributed by atoms with Gasteiger partial charge in [-0.25, -0.2) is 4.39 Å². The highest BCUT2D eigenvalue weighted by atomic mass is 79.9. The van der Waals surface area contributed by atoms with Crippen molar-refractivity contribution in [1.29, 1.82) is 0 Å². The van der Waals surface area contributed by atoms with Crippen LogP contribution in [-0.4, -0.2) is 0 Å². The van der Waals surface area contributed by atoms with E-state index in [9.17, 15) is 4.39 Å². The average molecular weight is 401 g/mol. The fraction of sp³-hybridized carbons (Fsp3) is 0.250. The molecule has 1 unspecified atom stereocenters. The Morgan fingerprint density at radius 2 is 1.90 bits per heavy atom. The van der Waals surface area contributed by atoms with E-state index >= 15 is 0 Å². The zero-order valence-electron chi connectivity index (χ0n) is 11.4. The van der Waals surface area contributed by atoms with Crippen molar-refractivity contribution in [3.8, 4) is 0 Å². The Morgan fingerprint density at radius 1 is 1.15 bits per heavy atom. The number of benzene rings is 2. The molecule has 1 N–H and O–H groups in total. The molecule has 0 bridgehead atoms. The molecule has 0 aliphatic rings. The summed E-state index contributed by atoms with van der Waals surface area (Å²) in [5, 5.41) is 3.49. The molecule has 0 radical (unpaired) electrons. The van der Waals surface area contributed by atoms with E-state index in [1.807, 2.05) is 18.2 Å². The fourth-order valence-electron chi connectivity index (χ4n) is 2.09. The van der Waals surface area contributed by atoms with E-state index in [0.29, 0.717) is 4.47 Å². The maximum atomic E-state index is 13.3. The number of nitrogens with one attached hydrogen (secondary N) is 1. The van der Waals surface area contributed by atoms with Crippen LogP contribution in [0.2, 0.25) is 0 Å². The smallest absolute Gasteiger partial charge is 0.137 e. The number of hydrogen-bond acceptors (Lipinski definition) is 1. The molecule has 0 fully saturated rings. The molecule has 20 heavy (non-hydrogen) atoms. The van der Waals surface area contributed by atoms with Crippen LogP contribution in [0.1, 0.15) is 31.0 Å². The molecule has 0 aromatic heterocycles. The summed E-state index contributed by atoms with van der Waals surface area (Å²) in [7, 11) is 0. The first-order valence-electron chi connectivity index (χ1n) is 6.51. The normalized spacial score (nSPS) is 12.2. The molecule has 4 heteroatoms. The summed E-state index contributed by atoms with van der Waals surface area (Å²) in [4.78, 5) is 0. The Bertz CT molecular complexity index is 613. The number of halogens is 3. The summed E-state index contributed by atoms with van der Waals surface area (Å²) in [5.74, 6) is -0.237. The Balaban J connectivity index is 2.22. The van der Waals surface area contributed by atoms with Crippen molar-refractivity contribution in [2.24, 2.45) is 0 Å². The van der Waals surface area contributed by atoms with E-state index in [0.717, 1.165) is 22.1 Å². The third-order valence-corrected chi connectivity index (χ3v) is 4.36. The lowest BCUT2D eigenvalue weighted by Crippen LogP contribution is -2.08. The van der Waals surface area contributed by atoms with Crippen LogP contribution >= 0.6 is 31.9 Å². The van der Waals surface area contributed by atoms with Crippen molar-refractivity contribution < 1.29 is 4.39 Å². The summed E-state index contributed by atoms with van der Waals surface area (Å²) < 4.78 is 14.9. The van der Waals surface area contributed by atoms with E-state index in [4.69, 9.17) is 0 Å². The molecule has 0 aliphatic heterocycles. The van der Waals surface area contributed by atoms with Gasteiger partial charge in [0.15, 0.2) is 0 Å². The number of aryl methyl sites for hydroxylation is 1. The van der Waals surface area contributed by atoms with Crippen molar-refractivity contribution in [2.75, 3.05) is 5.32 Å². The minimum absolute atomic E-state index is 0.110. The van der Waals surface area contributed by atoms with Gasteiger partial charge < -0.3 is 5.32 Å². The van der Waals surface area contributed by atoms with Crippen molar-refractivity contribution >= 4 is 37.5 Å². The molecule has 1 atom stereocenters. The topological polar surface area (TPSA) is 12.0 Å². The molecule has 2 aromatic rings. The van der Waals surface area contributed by atoms with E-state index in [1.54, 1.807) is 0 Å². The van der Waals surface area contributed by atoms with Crippen LogP contribution in [0.3, 0.4) is 0 Å². The van der Waals surface area contributed by atoms with Crippen LogP contribution in [0, 0.1) is 5.82 Å². The third kappa shape index (κ3) is 3.61. The first kappa shape index (κ1) is 15.5. The minimum Gasteiger partial charge on any atom is -0.378 e. The van der Waals surface area contributed by atoms with Gasteiger partial charge >= 0.3 is 0 Å². The third-order valence-electron chi connectivity index (χ3n) is 3.26. The zero-order valence-corrected chi connectivity index (χ0v) is 14.6. The predicted molar refractivity (Wildman–Crippen MR) is 89.7 cm³/mol. The largest absolute Gasteiger partial charge is 0.378 e. The summed E-state index contributed by atoms with van der Waals surface area (Å²) in [5.41, 5.74) is 3.42. The standard InChI is InChI=1S/C16H16Br2FN/c1-3-11-8-13(17)5-7-16(11)20-10(2)12-4-6-15(19)14(18)9-12/h4-10,20H,3H2,1-2H3. The van der Waals surface area contributed by atoms with E-state index in [1.165, 1.54) is 11.6 Å². The van der Waals surface area contributed by atoms with Gasteiger partial charge in [-0.05, 0) is 70.7 Å². The maximum Gasteiger partial charge on any atom is 0.137 e. The molecule has 1 nitrogen and oxygen atoms in total. The van der Waals surface area contributed by atoms with E-state index < -0.39 is 0 Å². The SMILES string of the molecule is CCc1cc(Br)ccc1NC(C)c1ccc(F)c(Br)c1. The molecular weight excluding hydrogens is 385 g/mol. The van der Waals surface area contributed by atoms with Gasteiger partial charge in [-0.3, -0.25) is 0 Å². The van der Waals surface area contributed by atoms with Gasteiger partial charge in [-0.1, -0.05) is 28.9 Å². The first-order chi connectivity index (χ1) is 9.51. The minimum atomic E-state index is -0.237. The van der Waals surface area contributed by atoms with Crippen LogP contribution < -0.4 is 5.32 Å². The Kier molecular flexibility index (Phi) is 5.22. The van der Waals surface area contributed by atoms with Gasteiger partial charge in [-0.15, -0.1) is 0 Å². The Hall–Kier alpha value is -0.870. The van der Waals surface area contributed by atoms with Gasteiger partial charge in [0.25, 0.3) is 0 Å². The molecule has 0 saturated heterocycles. The molecule has 0 saturated carbocycles. The molecule has 0 heterocycles. The van der Waals surface area contributed by atoms with Crippen molar-refractivity contribution in [1.82, 2.24) is 0 Å². The number of hydrogen-bond donors (Lipinski definition) is 1. The number of rotatable bonds is 4. The molecule has 0 spiro atoms. The van der Waals surface area contributed by atoms with Gasteiger partial charge in [-0.2, -0.15) is 0 Å². The lowest BCUT2D eigenvalue weighted by molar-refractivity contribution is 0.619. The van der Waals surface area contributed by atoms with Crippen LogP contribution in [-0.2, 0) is 6.42 Å². The van der Waals surface area contributed by atoms with E-state index in [-0.39, 0.29) is 11.9 Å². The molecular formula is C16H16Br2FN. The highest BCUT2D eigenvalue weighted by Crippen LogP contribution is 2.27. The van der Waals surface area contributed by atoms with Crippen LogP contribution in [0.5, 0.6) is 0 Å². The predicted octanol–water partition coefficient (Wildman–Crippen LogP) is 6.09. The highest BCUT2D eigenvalue weighted by Gasteiger charge is 2.10. The second-order valence-electron chi connectivity index (χ2n) is 4.69. The molecule has 2 rings (SSSR count). The summed E-state index contributed by atoms with van der Waals surface area (Å²) >= 11 is 6.72. The van der Waals surface area contributed by atoms with Gasteiger partial charge in [0.2, 0.25) is 0 Å². The van der Waals surface area contributed by atoms with Crippen LogP contribution in [0.25, 0.3) is 0 Å². The number of anilines is 1. The second kappa shape index (κ2) is 6.72. The van der Waals surface area contributed by atoms with Gasteiger partial charge in [0, 0.05) is 16.2 Å². The van der Waals surface area contributed by atoms with Crippen molar-refractivity contribution in [3.63, 3.8) is 0 Å². The van der Waals surface area contributed by atoms with Crippen molar-refractivity contribution in [3.05, 3.63) is 62.3 Å². The molecule has 106 valence electrons.